The molecule has 1 saturated heterocycles. The SMILES string of the molecule is C/C=C/c1ccc(OP(=O)(NC(C)C(=O)OC(C)C)OCC2OC(n3ccc(=O)[nH]c3=O)C(C)(F)C2O)c(C)c1.O=C=O. The molecule has 1 aliphatic heterocycles. The smallest absolute Gasteiger partial charge is 0.459 e. The van der Waals surface area contributed by atoms with Gasteiger partial charge in [0.2, 0.25) is 0 Å². The second kappa shape index (κ2) is 15.1. The fraction of sp³-hybridized carbons (Fsp3) is 0.481. The fourth-order valence-corrected chi connectivity index (χ4v) is 5.62. The number of nitrogens with zero attached hydrogens (tertiary/aromatic N) is 1. The molecule has 3 rings (SSSR count). The number of aromatic nitrogens is 2. The van der Waals surface area contributed by atoms with E-state index in [4.69, 9.17) is 28.1 Å². The number of aromatic amines is 1. The molecular formula is C27H35FN3O11P. The maximum Gasteiger partial charge on any atom is 0.459 e. The van der Waals surface area contributed by atoms with Crippen LogP contribution < -0.4 is 20.9 Å². The summed E-state index contributed by atoms with van der Waals surface area (Å²) in [6.07, 6.45) is -0.286. The van der Waals surface area contributed by atoms with Crippen LogP contribution in [0.5, 0.6) is 5.75 Å². The maximum atomic E-state index is 15.6. The van der Waals surface area contributed by atoms with Crippen molar-refractivity contribution in [3.63, 3.8) is 0 Å². The Morgan fingerprint density at radius 2 is 1.95 bits per heavy atom. The highest BCUT2D eigenvalue weighted by molar-refractivity contribution is 7.52. The number of aliphatic hydroxyl groups excluding tert-OH is 1. The Kier molecular flexibility index (Phi) is 12.5. The Hall–Kier alpha value is -3.71. The van der Waals surface area contributed by atoms with Crippen LogP contribution in [0.2, 0.25) is 0 Å². The van der Waals surface area contributed by atoms with Crippen molar-refractivity contribution in [2.75, 3.05) is 6.61 Å². The van der Waals surface area contributed by atoms with Crippen molar-refractivity contribution in [2.24, 2.45) is 0 Å². The van der Waals surface area contributed by atoms with Gasteiger partial charge in [0, 0.05) is 12.3 Å². The molecule has 0 spiro atoms. The zero-order valence-corrected chi connectivity index (χ0v) is 25.3. The first-order valence-electron chi connectivity index (χ1n) is 13.1. The molecule has 0 saturated carbocycles. The summed E-state index contributed by atoms with van der Waals surface area (Å²) >= 11 is 0. The number of alkyl halides is 1. The minimum absolute atomic E-state index is 0.189. The molecule has 1 fully saturated rings. The van der Waals surface area contributed by atoms with Gasteiger partial charge in [0.05, 0.1) is 12.7 Å². The van der Waals surface area contributed by atoms with Crippen molar-refractivity contribution in [2.45, 2.75) is 77.8 Å². The topological polar surface area (TPSA) is 192 Å². The number of benzene rings is 1. The number of H-pyrrole nitrogens is 1. The number of hydrogen-bond acceptors (Lipinski definition) is 11. The zero-order chi connectivity index (χ0) is 32.5. The summed E-state index contributed by atoms with van der Waals surface area (Å²) in [5.74, 6) is -0.525. The van der Waals surface area contributed by atoms with Crippen LogP contribution in [0.3, 0.4) is 0 Å². The van der Waals surface area contributed by atoms with E-state index in [1.165, 1.54) is 6.92 Å². The highest BCUT2D eigenvalue weighted by atomic mass is 31.2. The molecule has 6 atom stereocenters. The summed E-state index contributed by atoms with van der Waals surface area (Å²) in [5, 5.41) is 13.2. The molecule has 6 unspecified atom stereocenters. The average Bonchev–Trinajstić information content (AvgIpc) is 3.13. The summed E-state index contributed by atoms with van der Waals surface area (Å²) in [7, 11) is -4.38. The maximum absolute atomic E-state index is 15.6. The highest BCUT2D eigenvalue weighted by Crippen LogP contribution is 2.48. The van der Waals surface area contributed by atoms with Crippen LogP contribution in [0.4, 0.5) is 4.39 Å². The molecule has 0 amide bonds. The molecular weight excluding hydrogens is 592 g/mol. The third kappa shape index (κ3) is 9.39. The molecule has 16 heteroatoms. The van der Waals surface area contributed by atoms with Crippen LogP contribution in [0.1, 0.15) is 52.0 Å². The first kappa shape index (κ1) is 35.5. The Labute approximate surface area is 246 Å². The van der Waals surface area contributed by atoms with Gasteiger partial charge in [0.15, 0.2) is 11.9 Å². The van der Waals surface area contributed by atoms with E-state index in [1.54, 1.807) is 39.0 Å². The van der Waals surface area contributed by atoms with Crippen molar-refractivity contribution in [1.82, 2.24) is 14.6 Å². The van der Waals surface area contributed by atoms with Crippen LogP contribution >= 0.6 is 7.75 Å². The van der Waals surface area contributed by atoms with Gasteiger partial charge in [-0.05, 0) is 64.8 Å². The third-order valence-electron chi connectivity index (χ3n) is 6.06. The number of aliphatic hydroxyl groups is 1. The van der Waals surface area contributed by atoms with Crippen molar-refractivity contribution in [3.8, 4) is 5.75 Å². The summed E-state index contributed by atoms with van der Waals surface area (Å²) in [6.45, 7) is 8.68. The van der Waals surface area contributed by atoms with E-state index < -0.39 is 67.8 Å². The Morgan fingerprint density at radius 3 is 2.51 bits per heavy atom. The van der Waals surface area contributed by atoms with E-state index in [0.29, 0.717) is 5.56 Å². The van der Waals surface area contributed by atoms with E-state index in [0.717, 1.165) is 29.3 Å². The number of carbonyl (C=O) groups is 1. The van der Waals surface area contributed by atoms with Gasteiger partial charge in [-0.25, -0.2) is 13.8 Å². The summed E-state index contributed by atoms with van der Waals surface area (Å²) in [4.78, 5) is 54.3. The number of carbonyl (C=O) groups excluding carboxylic acids is 3. The lowest BCUT2D eigenvalue weighted by Gasteiger charge is -2.26. The largest absolute Gasteiger partial charge is 0.462 e. The van der Waals surface area contributed by atoms with Crippen molar-refractivity contribution in [3.05, 3.63) is 68.5 Å². The molecule has 43 heavy (non-hydrogen) atoms. The van der Waals surface area contributed by atoms with Crippen LogP contribution in [0.15, 0.2) is 46.1 Å². The molecule has 1 aromatic heterocycles. The van der Waals surface area contributed by atoms with Crippen molar-refractivity contribution < 1.29 is 47.0 Å². The average molecular weight is 628 g/mol. The molecule has 0 bridgehead atoms. The standard InChI is InChI=1S/C26H35FN3O9P.CO2/c1-7-8-18-9-10-19(16(4)13-18)39-40(35,29-17(5)23(33)37-15(2)3)36-14-20-22(32)26(6,27)24(38-20)30-12-11-21(31)28-25(30)34;2-1-3/h7-13,15,17,20,22,24,32H,14H2,1-6H3,(H,29,35)(H,28,31,34);/b8-7+;. The highest BCUT2D eigenvalue weighted by Gasteiger charge is 2.56. The third-order valence-corrected chi connectivity index (χ3v) is 7.69. The summed E-state index contributed by atoms with van der Waals surface area (Å²) in [6, 6.07) is 4.97. The number of aryl methyl sites for hydroxylation is 1. The fourth-order valence-electron chi connectivity index (χ4n) is 4.05. The summed E-state index contributed by atoms with van der Waals surface area (Å²) < 4.78 is 52.4. The van der Waals surface area contributed by atoms with E-state index in [2.05, 4.69) is 5.09 Å². The van der Waals surface area contributed by atoms with E-state index in [1.807, 2.05) is 24.1 Å². The zero-order valence-electron chi connectivity index (χ0n) is 24.4. The number of rotatable bonds is 11. The molecule has 2 aromatic rings. The van der Waals surface area contributed by atoms with Crippen LogP contribution in [-0.2, 0) is 32.9 Å². The number of halogens is 1. The Bertz CT molecular complexity index is 1500. The molecule has 2 heterocycles. The Balaban J connectivity index is 0.00000206. The number of ether oxygens (including phenoxy) is 2. The van der Waals surface area contributed by atoms with E-state index in [-0.39, 0.29) is 11.9 Å². The van der Waals surface area contributed by atoms with Gasteiger partial charge in [-0.1, -0.05) is 18.2 Å². The summed E-state index contributed by atoms with van der Waals surface area (Å²) in [5.41, 5.74) is -2.64. The molecule has 1 aromatic carbocycles. The lowest BCUT2D eigenvalue weighted by atomic mass is 9.98. The van der Waals surface area contributed by atoms with Gasteiger partial charge in [-0.3, -0.25) is 23.7 Å². The van der Waals surface area contributed by atoms with E-state index >= 15 is 4.39 Å². The lowest BCUT2D eigenvalue weighted by Crippen LogP contribution is -2.43. The number of hydrogen-bond donors (Lipinski definition) is 3. The van der Waals surface area contributed by atoms with Crippen LogP contribution in [0.25, 0.3) is 6.08 Å². The van der Waals surface area contributed by atoms with Gasteiger partial charge in [0.1, 0.15) is 24.0 Å². The van der Waals surface area contributed by atoms with Crippen LogP contribution in [-0.4, -0.2) is 63.4 Å². The molecule has 0 radical (unpaired) electrons. The van der Waals surface area contributed by atoms with E-state index in [9.17, 15) is 24.1 Å². The first-order valence-corrected chi connectivity index (χ1v) is 14.6. The normalized spacial score (nSPS) is 23.6. The van der Waals surface area contributed by atoms with Gasteiger partial charge in [0.25, 0.3) is 5.56 Å². The minimum atomic E-state index is -4.38. The number of allylic oxidation sites excluding steroid dienone is 1. The molecule has 236 valence electrons. The first-order chi connectivity index (χ1) is 20.1. The predicted molar refractivity (Wildman–Crippen MR) is 150 cm³/mol. The van der Waals surface area contributed by atoms with Gasteiger partial charge >= 0.3 is 25.6 Å². The monoisotopic (exact) mass is 627 g/mol. The van der Waals surface area contributed by atoms with Gasteiger partial charge in [-0.2, -0.15) is 14.7 Å². The number of nitrogens with one attached hydrogen (secondary N) is 2. The quantitative estimate of drug-likeness (QED) is 0.244. The molecule has 0 aliphatic carbocycles. The molecule has 14 nitrogen and oxygen atoms in total. The van der Waals surface area contributed by atoms with Crippen molar-refractivity contribution >= 4 is 25.9 Å². The minimum Gasteiger partial charge on any atom is -0.462 e. The second-order valence-electron chi connectivity index (χ2n) is 9.97. The Morgan fingerprint density at radius 1 is 1.30 bits per heavy atom. The van der Waals surface area contributed by atoms with Crippen LogP contribution in [0, 0.1) is 6.92 Å². The van der Waals surface area contributed by atoms with Gasteiger partial charge in [-0.15, -0.1) is 0 Å². The molecule has 1 aliphatic rings. The van der Waals surface area contributed by atoms with Crippen molar-refractivity contribution in [1.29, 1.82) is 0 Å². The number of esters is 1. The lowest BCUT2D eigenvalue weighted by molar-refractivity contribution is -0.191. The second-order valence-corrected chi connectivity index (χ2v) is 11.7. The molecule has 3 N–H and O–H groups in total. The van der Waals surface area contributed by atoms with Gasteiger partial charge < -0.3 is 19.1 Å². The predicted octanol–water partition coefficient (Wildman–Crippen LogP) is 2.41.